The van der Waals surface area contributed by atoms with Gasteiger partial charge in [0.25, 0.3) is 0 Å². The lowest BCUT2D eigenvalue weighted by atomic mass is 10.2. The molecule has 4 heteroatoms. The van der Waals surface area contributed by atoms with Crippen molar-refractivity contribution < 1.29 is 9.21 Å². The molecule has 0 spiro atoms. The van der Waals surface area contributed by atoms with Crippen LogP contribution >= 0.6 is 0 Å². The summed E-state index contributed by atoms with van der Waals surface area (Å²) in [6.45, 7) is 2.59. The van der Waals surface area contributed by atoms with Gasteiger partial charge in [0.15, 0.2) is 0 Å². The van der Waals surface area contributed by atoms with E-state index in [0.29, 0.717) is 13.0 Å². The van der Waals surface area contributed by atoms with Crippen molar-refractivity contribution in [3.8, 4) is 0 Å². The fraction of sp³-hybridized carbons (Fsp3) is 0.500. The van der Waals surface area contributed by atoms with Crippen LogP contribution in [-0.4, -0.2) is 19.5 Å². The van der Waals surface area contributed by atoms with Gasteiger partial charge in [-0.3, -0.25) is 4.79 Å². The van der Waals surface area contributed by atoms with E-state index in [1.54, 1.807) is 6.26 Å². The molecule has 1 rings (SSSR count). The number of carbonyl (C=O) groups excluding carboxylic acids is 1. The Morgan fingerprint density at radius 1 is 1.64 bits per heavy atom. The third-order valence-corrected chi connectivity index (χ3v) is 1.95. The lowest BCUT2D eigenvalue weighted by molar-refractivity contribution is -0.121. The zero-order chi connectivity index (χ0) is 10.4. The normalized spacial score (nSPS) is 12.4. The van der Waals surface area contributed by atoms with E-state index in [-0.39, 0.29) is 11.9 Å². The van der Waals surface area contributed by atoms with Crippen LogP contribution < -0.4 is 10.6 Å². The van der Waals surface area contributed by atoms with E-state index in [9.17, 15) is 4.79 Å². The number of rotatable bonds is 5. The highest BCUT2D eigenvalue weighted by Crippen LogP contribution is 2.11. The summed E-state index contributed by atoms with van der Waals surface area (Å²) in [5.74, 6) is 0.811. The van der Waals surface area contributed by atoms with Gasteiger partial charge in [0.1, 0.15) is 5.76 Å². The van der Waals surface area contributed by atoms with Gasteiger partial charge in [0.2, 0.25) is 5.91 Å². The number of carbonyl (C=O) groups is 1. The lowest BCUT2D eigenvalue weighted by Gasteiger charge is -2.10. The number of furan rings is 1. The van der Waals surface area contributed by atoms with Gasteiger partial charge in [-0.2, -0.15) is 0 Å². The van der Waals surface area contributed by atoms with Crippen LogP contribution in [0.4, 0.5) is 0 Å². The van der Waals surface area contributed by atoms with Gasteiger partial charge >= 0.3 is 0 Å². The van der Waals surface area contributed by atoms with Crippen LogP contribution in [0.3, 0.4) is 0 Å². The first-order valence-corrected chi connectivity index (χ1v) is 4.71. The standard InChI is InChI=1S/C10H16N2O2/c1-8(9-4-3-7-14-9)12-10(13)5-6-11-2/h3-4,7-8,11H,5-6H2,1-2H3,(H,12,13). The Kier molecular flexibility index (Phi) is 4.19. The second kappa shape index (κ2) is 5.44. The molecule has 1 aromatic heterocycles. The maximum absolute atomic E-state index is 11.3. The number of hydrogen-bond acceptors (Lipinski definition) is 3. The third kappa shape index (κ3) is 3.22. The summed E-state index contributed by atoms with van der Waals surface area (Å²) in [6.07, 6.45) is 2.09. The van der Waals surface area contributed by atoms with E-state index in [1.807, 2.05) is 26.1 Å². The predicted octanol–water partition coefficient (Wildman–Crippen LogP) is 1.07. The van der Waals surface area contributed by atoms with Gasteiger partial charge < -0.3 is 15.1 Å². The van der Waals surface area contributed by atoms with Crippen molar-refractivity contribution in [1.29, 1.82) is 0 Å². The molecule has 0 fully saturated rings. The summed E-state index contributed by atoms with van der Waals surface area (Å²) in [5, 5.41) is 5.77. The number of hydrogen-bond donors (Lipinski definition) is 2. The van der Waals surface area contributed by atoms with Gasteiger partial charge in [-0.05, 0) is 26.1 Å². The minimum absolute atomic E-state index is 0.0308. The first-order chi connectivity index (χ1) is 6.74. The Balaban J connectivity index is 2.33. The fourth-order valence-electron chi connectivity index (χ4n) is 1.16. The Labute approximate surface area is 83.7 Å². The molecular weight excluding hydrogens is 180 g/mol. The van der Waals surface area contributed by atoms with E-state index in [1.165, 1.54) is 0 Å². The zero-order valence-corrected chi connectivity index (χ0v) is 8.54. The van der Waals surface area contributed by atoms with Gasteiger partial charge in [-0.25, -0.2) is 0 Å². The molecule has 0 bridgehead atoms. The SMILES string of the molecule is CNCCC(=O)NC(C)c1ccco1. The van der Waals surface area contributed by atoms with Crippen molar-refractivity contribution in [2.24, 2.45) is 0 Å². The molecule has 4 nitrogen and oxygen atoms in total. The molecule has 0 radical (unpaired) electrons. The second-order valence-corrected chi connectivity index (χ2v) is 3.16. The predicted molar refractivity (Wildman–Crippen MR) is 53.8 cm³/mol. The molecule has 0 saturated heterocycles. The Bertz CT molecular complexity index is 270. The zero-order valence-electron chi connectivity index (χ0n) is 8.54. The molecule has 14 heavy (non-hydrogen) atoms. The van der Waals surface area contributed by atoms with Crippen LogP contribution in [0, 0.1) is 0 Å². The highest BCUT2D eigenvalue weighted by atomic mass is 16.3. The van der Waals surface area contributed by atoms with Crippen molar-refractivity contribution in [2.45, 2.75) is 19.4 Å². The van der Waals surface area contributed by atoms with Crippen molar-refractivity contribution >= 4 is 5.91 Å². The van der Waals surface area contributed by atoms with Crippen molar-refractivity contribution in [2.75, 3.05) is 13.6 Å². The average molecular weight is 196 g/mol. The Hall–Kier alpha value is -1.29. The fourth-order valence-corrected chi connectivity index (χ4v) is 1.16. The van der Waals surface area contributed by atoms with Gasteiger partial charge in [-0.1, -0.05) is 0 Å². The molecule has 1 atom stereocenters. The van der Waals surface area contributed by atoms with Gasteiger partial charge in [0, 0.05) is 13.0 Å². The lowest BCUT2D eigenvalue weighted by Crippen LogP contribution is -2.28. The minimum atomic E-state index is -0.0608. The van der Waals surface area contributed by atoms with Crippen LogP contribution in [0.5, 0.6) is 0 Å². The average Bonchev–Trinajstić information content (AvgIpc) is 2.67. The molecular formula is C10H16N2O2. The van der Waals surface area contributed by atoms with Crippen molar-refractivity contribution in [3.05, 3.63) is 24.2 Å². The monoisotopic (exact) mass is 196 g/mol. The minimum Gasteiger partial charge on any atom is -0.467 e. The molecule has 1 unspecified atom stereocenters. The van der Waals surface area contributed by atoms with Gasteiger partial charge in [0.05, 0.1) is 12.3 Å². The van der Waals surface area contributed by atoms with E-state index in [2.05, 4.69) is 10.6 Å². The quantitative estimate of drug-likeness (QED) is 0.740. The van der Waals surface area contributed by atoms with Crippen molar-refractivity contribution in [1.82, 2.24) is 10.6 Å². The highest BCUT2D eigenvalue weighted by Gasteiger charge is 2.10. The molecule has 1 heterocycles. The topological polar surface area (TPSA) is 54.3 Å². The van der Waals surface area contributed by atoms with Crippen LogP contribution in [0.25, 0.3) is 0 Å². The first-order valence-electron chi connectivity index (χ1n) is 4.71. The van der Waals surface area contributed by atoms with Gasteiger partial charge in [-0.15, -0.1) is 0 Å². The Morgan fingerprint density at radius 2 is 2.43 bits per heavy atom. The smallest absolute Gasteiger partial charge is 0.221 e. The second-order valence-electron chi connectivity index (χ2n) is 3.16. The third-order valence-electron chi connectivity index (χ3n) is 1.95. The van der Waals surface area contributed by atoms with Crippen molar-refractivity contribution in [3.63, 3.8) is 0 Å². The molecule has 0 aromatic carbocycles. The van der Waals surface area contributed by atoms with E-state index < -0.39 is 0 Å². The van der Waals surface area contributed by atoms with E-state index >= 15 is 0 Å². The van der Waals surface area contributed by atoms with Crippen LogP contribution in [0.1, 0.15) is 25.1 Å². The van der Waals surface area contributed by atoms with Crippen LogP contribution in [0.15, 0.2) is 22.8 Å². The van der Waals surface area contributed by atoms with E-state index in [0.717, 1.165) is 5.76 Å². The molecule has 1 aromatic rings. The number of nitrogens with one attached hydrogen (secondary N) is 2. The van der Waals surface area contributed by atoms with Crippen LogP contribution in [-0.2, 0) is 4.79 Å². The number of amides is 1. The summed E-state index contributed by atoms with van der Waals surface area (Å²) in [5.41, 5.74) is 0. The molecule has 0 aliphatic rings. The summed E-state index contributed by atoms with van der Waals surface area (Å²) in [4.78, 5) is 11.3. The molecule has 1 amide bonds. The Morgan fingerprint density at radius 3 is 3.00 bits per heavy atom. The summed E-state index contributed by atoms with van der Waals surface area (Å²) in [6, 6.07) is 3.60. The molecule has 78 valence electrons. The molecule has 0 aliphatic heterocycles. The molecule has 0 saturated carbocycles. The summed E-state index contributed by atoms with van der Waals surface area (Å²) in [7, 11) is 1.82. The maximum Gasteiger partial charge on any atom is 0.221 e. The first kappa shape index (κ1) is 10.8. The summed E-state index contributed by atoms with van der Waals surface area (Å²) >= 11 is 0. The maximum atomic E-state index is 11.3. The molecule has 0 aliphatic carbocycles. The molecule has 2 N–H and O–H groups in total. The van der Waals surface area contributed by atoms with E-state index in [4.69, 9.17) is 4.42 Å². The largest absolute Gasteiger partial charge is 0.467 e. The highest BCUT2D eigenvalue weighted by molar-refractivity contribution is 5.76. The van der Waals surface area contributed by atoms with Crippen LogP contribution in [0.2, 0.25) is 0 Å². The summed E-state index contributed by atoms with van der Waals surface area (Å²) < 4.78 is 5.17.